The van der Waals surface area contributed by atoms with Crippen molar-refractivity contribution < 1.29 is 9.59 Å². The third-order valence-corrected chi connectivity index (χ3v) is 1.92. The zero-order valence-corrected chi connectivity index (χ0v) is 9.65. The number of hydrogen-bond acceptors (Lipinski definition) is 3. The number of halogens is 2. The third kappa shape index (κ3) is 3.45. The fourth-order valence-corrected chi connectivity index (χ4v) is 0.887. The standard InChI is InChI=1S/C8H11N3O2.2ClH/c1-8(7(10)13)3-2-5(4-11-8)6(9)12;;/h2-4,11H,1H3,(H2,9,12)(H2,10,13);2*1H. The van der Waals surface area contributed by atoms with Crippen molar-refractivity contribution in [3.05, 3.63) is 23.9 Å². The van der Waals surface area contributed by atoms with Gasteiger partial charge in [-0.3, -0.25) is 9.59 Å². The van der Waals surface area contributed by atoms with E-state index in [-0.39, 0.29) is 24.8 Å². The summed E-state index contributed by atoms with van der Waals surface area (Å²) in [4.78, 5) is 21.6. The quantitative estimate of drug-likeness (QED) is 0.625. The third-order valence-electron chi connectivity index (χ3n) is 1.92. The molecule has 1 heterocycles. The molecule has 7 heteroatoms. The Morgan fingerprint density at radius 3 is 2.13 bits per heavy atom. The van der Waals surface area contributed by atoms with Crippen molar-refractivity contribution in [3.63, 3.8) is 0 Å². The number of hydrogen-bond donors (Lipinski definition) is 3. The molecular weight excluding hydrogens is 241 g/mol. The molecule has 0 spiro atoms. The molecule has 0 saturated carbocycles. The van der Waals surface area contributed by atoms with Crippen LogP contribution in [-0.4, -0.2) is 17.4 Å². The van der Waals surface area contributed by atoms with E-state index in [2.05, 4.69) is 5.32 Å². The van der Waals surface area contributed by atoms with E-state index in [4.69, 9.17) is 11.5 Å². The highest BCUT2D eigenvalue weighted by molar-refractivity contribution is 5.96. The minimum Gasteiger partial charge on any atom is -0.374 e. The van der Waals surface area contributed by atoms with Crippen molar-refractivity contribution in [2.24, 2.45) is 11.5 Å². The summed E-state index contributed by atoms with van der Waals surface area (Å²) in [6, 6.07) is 0. The first-order chi connectivity index (χ1) is 5.96. The molecular formula is C8H13Cl2N3O2. The molecule has 5 nitrogen and oxygen atoms in total. The van der Waals surface area contributed by atoms with Gasteiger partial charge in [0.1, 0.15) is 5.54 Å². The fourth-order valence-electron chi connectivity index (χ4n) is 0.887. The van der Waals surface area contributed by atoms with E-state index in [0.717, 1.165) is 0 Å². The van der Waals surface area contributed by atoms with Gasteiger partial charge in [-0.25, -0.2) is 0 Å². The molecule has 1 aliphatic rings. The number of amides is 2. The van der Waals surface area contributed by atoms with E-state index in [1.54, 1.807) is 6.92 Å². The molecule has 0 fully saturated rings. The van der Waals surface area contributed by atoms with Crippen LogP contribution in [0.1, 0.15) is 6.92 Å². The van der Waals surface area contributed by atoms with E-state index >= 15 is 0 Å². The fraction of sp³-hybridized carbons (Fsp3) is 0.250. The number of dihydropyridines is 1. The van der Waals surface area contributed by atoms with E-state index in [0.29, 0.717) is 5.57 Å². The predicted octanol–water partition coefficient (Wildman–Crippen LogP) is -0.397. The average Bonchev–Trinajstić information content (AvgIpc) is 2.04. The number of carbonyl (C=O) groups excluding carboxylic acids is 2. The lowest BCUT2D eigenvalue weighted by Crippen LogP contribution is -2.50. The lowest BCUT2D eigenvalue weighted by atomic mass is 9.97. The number of nitrogens with two attached hydrogens (primary N) is 2. The van der Waals surface area contributed by atoms with Gasteiger partial charge in [0.15, 0.2) is 0 Å². The summed E-state index contributed by atoms with van der Waals surface area (Å²) in [7, 11) is 0. The summed E-state index contributed by atoms with van der Waals surface area (Å²) in [6.45, 7) is 1.61. The van der Waals surface area contributed by atoms with E-state index < -0.39 is 17.4 Å². The van der Waals surface area contributed by atoms with Crippen LogP contribution in [0.25, 0.3) is 0 Å². The maximum absolute atomic E-state index is 10.9. The molecule has 2 amide bonds. The van der Waals surface area contributed by atoms with Gasteiger partial charge in [-0.1, -0.05) is 0 Å². The molecule has 0 saturated heterocycles. The Labute approximate surface area is 99.8 Å². The van der Waals surface area contributed by atoms with Crippen LogP contribution in [0.4, 0.5) is 0 Å². The van der Waals surface area contributed by atoms with Crippen molar-refractivity contribution in [1.29, 1.82) is 0 Å². The molecule has 1 rings (SSSR count). The summed E-state index contributed by atoms with van der Waals surface area (Å²) < 4.78 is 0. The van der Waals surface area contributed by atoms with Gasteiger partial charge in [-0.2, -0.15) is 0 Å². The van der Waals surface area contributed by atoms with Gasteiger partial charge in [0.05, 0.1) is 5.57 Å². The largest absolute Gasteiger partial charge is 0.374 e. The van der Waals surface area contributed by atoms with Crippen LogP contribution in [0.15, 0.2) is 23.9 Å². The Kier molecular flexibility index (Phi) is 6.09. The Hall–Kier alpha value is -1.20. The smallest absolute Gasteiger partial charge is 0.250 e. The molecule has 1 atom stereocenters. The Morgan fingerprint density at radius 2 is 1.87 bits per heavy atom. The molecule has 15 heavy (non-hydrogen) atoms. The topological polar surface area (TPSA) is 98.2 Å². The van der Waals surface area contributed by atoms with Crippen molar-refractivity contribution in [2.75, 3.05) is 0 Å². The molecule has 1 unspecified atom stereocenters. The van der Waals surface area contributed by atoms with Gasteiger partial charge in [-0.15, -0.1) is 24.8 Å². The number of rotatable bonds is 2. The van der Waals surface area contributed by atoms with Crippen molar-refractivity contribution in [3.8, 4) is 0 Å². The minimum absolute atomic E-state index is 0. The highest BCUT2D eigenvalue weighted by Crippen LogP contribution is 2.12. The monoisotopic (exact) mass is 253 g/mol. The lowest BCUT2D eigenvalue weighted by molar-refractivity contribution is -0.122. The first kappa shape index (κ1) is 16.2. The molecule has 1 aliphatic heterocycles. The molecule has 5 N–H and O–H groups in total. The molecule has 0 radical (unpaired) electrons. The maximum atomic E-state index is 10.9. The molecule has 0 aromatic heterocycles. The maximum Gasteiger partial charge on any atom is 0.250 e. The summed E-state index contributed by atoms with van der Waals surface area (Å²) in [5, 5.41) is 2.70. The van der Waals surface area contributed by atoms with Crippen LogP contribution in [0.5, 0.6) is 0 Å². The van der Waals surface area contributed by atoms with Crippen LogP contribution in [0, 0.1) is 0 Å². The van der Waals surface area contributed by atoms with Crippen molar-refractivity contribution in [2.45, 2.75) is 12.5 Å². The Balaban J connectivity index is 0. The second-order valence-corrected chi connectivity index (χ2v) is 3.01. The first-order valence-corrected chi connectivity index (χ1v) is 3.72. The van der Waals surface area contributed by atoms with Crippen LogP contribution in [0.2, 0.25) is 0 Å². The summed E-state index contributed by atoms with van der Waals surface area (Å²) in [5.74, 6) is -1.06. The molecule has 0 aliphatic carbocycles. The normalized spacial score (nSPS) is 22.6. The highest BCUT2D eigenvalue weighted by atomic mass is 35.5. The second-order valence-electron chi connectivity index (χ2n) is 3.01. The van der Waals surface area contributed by atoms with Crippen LogP contribution >= 0.6 is 24.8 Å². The number of nitrogens with one attached hydrogen (secondary N) is 1. The van der Waals surface area contributed by atoms with E-state index in [1.807, 2.05) is 0 Å². The van der Waals surface area contributed by atoms with Crippen LogP contribution < -0.4 is 16.8 Å². The second kappa shape index (κ2) is 5.63. The average molecular weight is 254 g/mol. The van der Waals surface area contributed by atoms with E-state index in [1.165, 1.54) is 18.4 Å². The number of carbonyl (C=O) groups is 2. The van der Waals surface area contributed by atoms with Crippen LogP contribution in [0.3, 0.4) is 0 Å². The SMILES string of the molecule is CC1(C(N)=O)C=CC(C(N)=O)=CN1.Cl.Cl. The van der Waals surface area contributed by atoms with Gasteiger partial charge in [-0.05, 0) is 19.1 Å². The van der Waals surface area contributed by atoms with Crippen molar-refractivity contribution in [1.82, 2.24) is 5.32 Å². The van der Waals surface area contributed by atoms with Crippen LogP contribution in [-0.2, 0) is 9.59 Å². The molecule has 0 aromatic rings. The zero-order valence-electron chi connectivity index (χ0n) is 8.02. The summed E-state index contributed by atoms with van der Waals surface area (Å²) in [6.07, 6.45) is 4.37. The first-order valence-electron chi connectivity index (χ1n) is 3.72. The van der Waals surface area contributed by atoms with Gasteiger partial charge < -0.3 is 16.8 Å². The zero-order chi connectivity index (χ0) is 10.1. The molecule has 0 bridgehead atoms. The Bertz CT molecular complexity index is 328. The molecule has 0 aromatic carbocycles. The summed E-state index contributed by atoms with van der Waals surface area (Å²) in [5.41, 5.74) is 9.53. The van der Waals surface area contributed by atoms with Gasteiger partial charge >= 0.3 is 0 Å². The Morgan fingerprint density at radius 1 is 1.33 bits per heavy atom. The van der Waals surface area contributed by atoms with Crippen molar-refractivity contribution >= 4 is 36.6 Å². The predicted molar refractivity (Wildman–Crippen MR) is 61.6 cm³/mol. The summed E-state index contributed by atoms with van der Waals surface area (Å²) >= 11 is 0. The highest BCUT2D eigenvalue weighted by Gasteiger charge is 2.28. The molecule has 86 valence electrons. The van der Waals surface area contributed by atoms with Gasteiger partial charge in [0, 0.05) is 6.20 Å². The minimum atomic E-state index is -0.932. The number of primary amides is 2. The van der Waals surface area contributed by atoms with E-state index in [9.17, 15) is 9.59 Å². The van der Waals surface area contributed by atoms with Gasteiger partial charge in [0.2, 0.25) is 11.8 Å². The van der Waals surface area contributed by atoms with Gasteiger partial charge in [0.25, 0.3) is 0 Å². The lowest BCUT2D eigenvalue weighted by Gasteiger charge is -2.25.